The lowest BCUT2D eigenvalue weighted by atomic mass is 10.1. The molecule has 1 heterocycles. The molecular weight excluding hydrogens is 204 g/mol. The summed E-state index contributed by atoms with van der Waals surface area (Å²) in [5, 5.41) is 0.869. The zero-order chi connectivity index (χ0) is 11.9. The average Bonchev–Trinajstić information content (AvgIpc) is 2.51. The maximum absolute atomic E-state index is 11.4. The number of ether oxygens (including phenoxy) is 1. The Kier molecular flexibility index (Phi) is 2.34. The number of methoxy groups -OCH3 is 1. The Labute approximate surface area is 93.6 Å². The molecule has 2 N–H and O–H groups in total. The smallest absolute Gasteiger partial charge is 0.251 e. The number of rotatable bonds is 2. The van der Waals surface area contributed by atoms with Crippen LogP contribution in [-0.4, -0.2) is 17.6 Å². The van der Waals surface area contributed by atoms with Crippen LogP contribution >= 0.6 is 0 Å². The molecule has 4 nitrogen and oxygen atoms in total. The molecule has 1 aromatic heterocycles. The second kappa shape index (κ2) is 3.56. The lowest BCUT2D eigenvalue weighted by Gasteiger charge is -2.01. The maximum atomic E-state index is 11.4. The van der Waals surface area contributed by atoms with Gasteiger partial charge in [-0.25, -0.2) is 0 Å². The summed E-state index contributed by atoms with van der Waals surface area (Å²) in [6.07, 6.45) is 0. The number of carbonyl (C=O) groups is 1. The van der Waals surface area contributed by atoms with E-state index in [2.05, 4.69) is 0 Å². The minimum atomic E-state index is -0.395. The number of hydrogen-bond acceptors (Lipinski definition) is 2. The number of nitrogens with two attached hydrogens (primary N) is 1. The van der Waals surface area contributed by atoms with Gasteiger partial charge in [0.05, 0.1) is 18.2 Å². The molecule has 0 fully saturated rings. The monoisotopic (exact) mass is 218 g/mol. The zero-order valence-corrected chi connectivity index (χ0v) is 9.57. The van der Waals surface area contributed by atoms with Gasteiger partial charge >= 0.3 is 0 Å². The molecule has 0 aliphatic heterocycles. The molecule has 4 heteroatoms. The van der Waals surface area contributed by atoms with Gasteiger partial charge in [-0.3, -0.25) is 4.79 Å². The molecule has 0 aliphatic rings. The van der Waals surface area contributed by atoms with Gasteiger partial charge in [0.2, 0.25) is 0 Å². The minimum Gasteiger partial charge on any atom is -0.497 e. The van der Waals surface area contributed by atoms with Crippen molar-refractivity contribution in [3.8, 4) is 5.75 Å². The molecule has 2 rings (SSSR count). The first-order valence-corrected chi connectivity index (χ1v) is 4.99. The predicted molar refractivity (Wildman–Crippen MR) is 62.7 cm³/mol. The van der Waals surface area contributed by atoms with E-state index < -0.39 is 5.91 Å². The van der Waals surface area contributed by atoms with Crippen LogP contribution < -0.4 is 10.5 Å². The number of aryl methyl sites for hydroxylation is 1. The van der Waals surface area contributed by atoms with Crippen LogP contribution in [-0.2, 0) is 7.05 Å². The van der Waals surface area contributed by atoms with Gasteiger partial charge in [0.25, 0.3) is 5.91 Å². The van der Waals surface area contributed by atoms with Crippen LogP contribution in [0.2, 0.25) is 0 Å². The predicted octanol–water partition coefficient (Wildman–Crippen LogP) is 1.59. The Balaban J connectivity index is 2.84. The lowest BCUT2D eigenvalue weighted by Crippen LogP contribution is -2.12. The standard InChI is InChI=1S/C12H14N2O2/c1-7-11(12(13)15)9-5-4-8(16-3)6-10(9)14(7)2/h4-6H,1-3H3,(H2,13,15). The molecular formula is C12H14N2O2. The Morgan fingerprint density at radius 3 is 2.69 bits per heavy atom. The van der Waals surface area contributed by atoms with Gasteiger partial charge in [-0.05, 0) is 19.1 Å². The van der Waals surface area contributed by atoms with Crippen molar-refractivity contribution in [2.24, 2.45) is 12.8 Å². The van der Waals surface area contributed by atoms with E-state index in [0.29, 0.717) is 5.56 Å². The number of fused-ring (bicyclic) bond motifs is 1. The normalized spacial score (nSPS) is 10.7. The van der Waals surface area contributed by atoms with Gasteiger partial charge in [-0.15, -0.1) is 0 Å². The third-order valence-electron chi connectivity index (χ3n) is 2.95. The molecule has 1 aromatic carbocycles. The molecule has 1 amide bonds. The Morgan fingerprint density at radius 1 is 1.44 bits per heavy atom. The van der Waals surface area contributed by atoms with Crippen LogP contribution in [0.5, 0.6) is 5.75 Å². The molecule has 0 aliphatic carbocycles. The van der Waals surface area contributed by atoms with Crippen molar-refractivity contribution in [1.82, 2.24) is 4.57 Å². The lowest BCUT2D eigenvalue weighted by molar-refractivity contribution is 0.100. The topological polar surface area (TPSA) is 57.2 Å². The molecule has 0 unspecified atom stereocenters. The van der Waals surface area contributed by atoms with Crippen LogP contribution in [0, 0.1) is 6.92 Å². The van der Waals surface area contributed by atoms with Crippen molar-refractivity contribution in [3.63, 3.8) is 0 Å². The number of amides is 1. The van der Waals surface area contributed by atoms with Crippen molar-refractivity contribution >= 4 is 16.8 Å². The highest BCUT2D eigenvalue weighted by molar-refractivity contribution is 6.07. The highest BCUT2D eigenvalue weighted by Gasteiger charge is 2.16. The molecule has 0 spiro atoms. The summed E-state index contributed by atoms with van der Waals surface area (Å²) in [6.45, 7) is 1.88. The highest BCUT2D eigenvalue weighted by Crippen LogP contribution is 2.27. The summed E-state index contributed by atoms with van der Waals surface area (Å²) in [5.41, 5.74) is 7.79. The largest absolute Gasteiger partial charge is 0.497 e. The maximum Gasteiger partial charge on any atom is 0.251 e. The Hall–Kier alpha value is -1.97. The fourth-order valence-corrected chi connectivity index (χ4v) is 1.98. The SMILES string of the molecule is COc1ccc2c(C(N)=O)c(C)n(C)c2c1. The second-order valence-electron chi connectivity index (χ2n) is 3.77. The van der Waals surface area contributed by atoms with E-state index in [9.17, 15) is 4.79 Å². The summed E-state index contributed by atoms with van der Waals surface area (Å²) in [6, 6.07) is 5.59. The Bertz CT molecular complexity index is 570. The van der Waals surface area contributed by atoms with E-state index in [1.165, 1.54) is 0 Å². The molecule has 0 atom stereocenters. The van der Waals surface area contributed by atoms with Gasteiger partial charge in [-0.1, -0.05) is 0 Å². The third kappa shape index (κ3) is 1.34. The van der Waals surface area contributed by atoms with Crippen molar-refractivity contribution < 1.29 is 9.53 Å². The fraction of sp³-hybridized carbons (Fsp3) is 0.250. The van der Waals surface area contributed by atoms with Gasteiger partial charge in [0.1, 0.15) is 5.75 Å². The first-order chi connectivity index (χ1) is 7.56. The number of benzene rings is 1. The van der Waals surface area contributed by atoms with E-state index in [1.807, 2.05) is 36.7 Å². The molecule has 0 saturated heterocycles. The number of hydrogen-bond donors (Lipinski definition) is 1. The van der Waals surface area contributed by atoms with Crippen molar-refractivity contribution in [2.45, 2.75) is 6.92 Å². The fourth-order valence-electron chi connectivity index (χ4n) is 1.98. The molecule has 16 heavy (non-hydrogen) atoms. The number of aromatic nitrogens is 1. The van der Waals surface area contributed by atoms with E-state index in [4.69, 9.17) is 10.5 Å². The van der Waals surface area contributed by atoms with Gasteiger partial charge in [0, 0.05) is 24.2 Å². The van der Waals surface area contributed by atoms with Crippen molar-refractivity contribution in [3.05, 3.63) is 29.5 Å². The van der Waals surface area contributed by atoms with Crippen LogP contribution in [0.3, 0.4) is 0 Å². The molecule has 2 aromatic rings. The van der Waals surface area contributed by atoms with Crippen molar-refractivity contribution in [1.29, 1.82) is 0 Å². The van der Waals surface area contributed by atoms with Gasteiger partial charge in [-0.2, -0.15) is 0 Å². The molecule has 84 valence electrons. The average molecular weight is 218 g/mol. The molecule has 0 radical (unpaired) electrons. The quantitative estimate of drug-likeness (QED) is 0.832. The molecule has 0 saturated carbocycles. The van der Waals surface area contributed by atoms with Crippen LogP contribution in [0.4, 0.5) is 0 Å². The van der Waals surface area contributed by atoms with Gasteiger partial charge in [0.15, 0.2) is 0 Å². The summed E-state index contributed by atoms with van der Waals surface area (Å²) >= 11 is 0. The van der Waals surface area contributed by atoms with E-state index in [0.717, 1.165) is 22.3 Å². The molecule has 0 bridgehead atoms. The summed E-state index contributed by atoms with van der Waals surface area (Å²) in [7, 11) is 3.52. The van der Waals surface area contributed by atoms with Crippen molar-refractivity contribution in [2.75, 3.05) is 7.11 Å². The van der Waals surface area contributed by atoms with E-state index >= 15 is 0 Å². The summed E-state index contributed by atoms with van der Waals surface area (Å²) < 4.78 is 7.10. The van der Waals surface area contributed by atoms with Gasteiger partial charge < -0.3 is 15.0 Å². The first kappa shape index (κ1) is 10.5. The number of primary amides is 1. The third-order valence-corrected chi connectivity index (χ3v) is 2.95. The van der Waals surface area contributed by atoms with Crippen LogP contribution in [0.25, 0.3) is 10.9 Å². The van der Waals surface area contributed by atoms with Crippen LogP contribution in [0.15, 0.2) is 18.2 Å². The minimum absolute atomic E-state index is 0.395. The zero-order valence-electron chi connectivity index (χ0n) is 9.57. The highest BCUT2D eigenvalue weighted by atomic mass is 16.5. The number of nitrogens with zero attached hydrogens (tertiary/aromatic N) is 1. The Morgan fingerprint density at radius 2 is 2.12 bits per heavy atom. The van der Waals surface area contributed by atoms with Crippen LogP contribution in [0.1, 0.15) is 16.1 Å². The summed E-state index contributed by atoms with van der Waals surface area (Å²) in [5.74, 6) is 0.373. The van der Waals surface area contributed by atoms with E-state index in [-0.39, 0.29) is 0 Å². The first-order valence-electron chi connectivity index (χ1n) is 4.99. The van der Waals surface area contributed by atoms with E-state index in [1.54, 1.807) is 7.11 Å². The summed E-state index contributed by atoms with van der Waals surface area (Å²) in [4.78, 5) is 11.4. The second-order valence-corrected chi connectivity index (χ2v) is 3.77. The number of carbonyl (C=O) groups excluding carboxylic acids is 1.